The highest BCUT2D eigenvalue weighted by Crippen LogP contribution is 2.25. The maximum Gasteiger partial charge on any atom is 0.0435 e. The summed E-state index contributed by atoms with van der Waals surface area (Å²) in [5.41, 5.74) is 6.31. The van der Waals surface area contributed by atoms with Gasteiger partial charge in [0.25, 0.3) is 0 Å². The fourth-order valence-electron chi connectivity index (χ4n) is 1.92. The molecule has 1 aliphatic rings. The summed E-state index contributed by atoms with van der Waals surface area (Å²) in [6.45, 7) is 8.98. The summed E-state index contributed by atoms with van der Waals surface area (Å²) >= 11 is 0. The lowest BCUT2D eigenvalue weighted by Gasteiger charge is -2.50. The van der Waals surface area contributed by atoms with Gasteiger partial charge in [0.05, 0.1) is 0 Å². The van der Waals surface area contributed by atoms with E-state index in [0.29, 0.717) is 5.92 Å². The molecule has 0 aromatic heterocycles. The second kappa shape index (κ2) is 4.60. The third-order valence-corrected chi connectivity index (χ3v) is 3.27. The molecule has 0 unspecified atom stereocenters. The van der Waals surface area contributed by atoms with Crippen LogP contribution in [-0.4, -0.2) is 55.6 Å². The van der Waals surface area contributed by atoms with Crippen molar-refractivity contribution in [2.45, 2.75) is 25.8 Å². The van der Waals surface area contributed by atoms with Gasteiger partial charge < -0.3 is 10.6 Å². The molecular weight excluding hydrogens is 174 g/mol. The zero-order chi connectivity index (χ0) is 10.8. The number of rotatable bonds is 5. The van der Waals surface area contributed by atoms with E-state index in [0.717, 1.165) is 13.1 Å². The van der Waals surface area contributed by atoms with Gasteiger partial charge in [-0.2, -0.15) is 0 Å². The molecule has 0 bridgehead atoms. The molecule has 0 saturated carbocycles. The first-order chi connectivity index (χ1) is 6.44. The van der Waals surface area contributed by atoms with E-state index in [4.69, 9.17) is 5.73 Å². The second-order valence-electron chi connectivity index (χ2n) is 5.26. The number of hydrogen-bond donors (Lipinski definition) is 1. The van der Waals surface area contributed by atoms with E-state index >= 15 is 0 Å². The number of likely N-dealkylation sites (tertiary alicyclic amines) is 1. The van der Waals surface area contributed by atoms with E-state index in [1.54, 1.807) is 0 Å². The average molecular weight is 199 g/mol. The maximum absolute atomic E-state index is 6.22. The van der Waals surface area contributed by atoms with Crippen molar-refractivity contribution in [3.63, 3.8) is 0 Å². The van der Waals surface area contributed by atoms with Crippen LogP contribution in [0.2, 0.25) is 0 Å². The SMILES string of the molecule is CC(C)C1(N)CN(CCCN(C)C)C1. The molecular formula is C11H25N3. The van der Waals surface area contributed by atoms with Gasteiger partial charge in [0, 0.05) is 18.6 Å². The van der Waals surface area contributed by atoms with E-state index < -0.39 is 0 Å². The Morgan fingerprint density at radius 3 is 2.36 bits per heavy atom. The number of hydrogen-bond acceptors (Lipinski definition) is 3. The molecule has 1 heterocycles. The van der Waals surface area contributed by atoms with Gasteiger partial charge in [-0.25, -0.2) is 0 Å². The standard InChI is InChI=1S/C11H25N3/c1-10(2)11(12)8-14(9-11)7-5-6-13(3)4/h10H,5-9,12H2,1-4H3. The summed E-state index contributed by atoms with van der Waals surface area (Å²) in [5.74, 6) is 0.604. The predicted molar refractivity (Wildman–Crippen MR) is 61.4 cm³/mol. The molecule has 14 heavy (non-hydrogen) atoms. The molecule has 1 rings (SSSR count). The van der Waals surface area contributed by atoms with Crippen LogP contribution in [0, 0.1) is 5.92 Å². The van der Waals surface area contributed by atoms with Crippen molar-refractivity contribution in [3.8, 4) is 0 Å². The quantitative estimate of drug-likeness (QED) is 0.704. The highest BCUT2D eigenvalue weighted by molar-refractivity contribution is 5.01. The van der Waals surface area contributed by atoms with Crippen molar-refractivity contribution in [1.82, 2.24) is 9.80 Å². The molecule has 0 aromatic rings. The summed E-state index contributed by atoms with van der Waals surface area (Å²) in [5, 5.41) is 0. The Morgan fingerprint density at radius 2 is 1.93 bits per heavy atom. The lowest BCUT2D eigenvalue weighted by Crippen LogP contribution is -2.69. The van der Waals surface area contributed by atoms with Crippen LogP contribution in [0.4, 0.5) is 0 Å². The Balaban J connectivity index is 2.10. The molecule has 1 fully saturated rings. The van der Waals surface area contributed by atoms with Crippen molar-refractivity contribution in [1.29, 1.82) is 0 Å². The Kier molecular flexibility index (Phi) is 3.93. The molecule has 3 nitrogen and oxygen atoms in total. The van der Waals surface area contributed by atoms with Crippen molar-refractivity contribution >= 4 is 0 Å². The first-order valence-electron chi connectivity index (χ1n) is 5.60. The van der Waals surface area contributed by atoms with Gasteiger partial charge in [0.15, 0.2) is 0 Å². The molecule has 84 valence electrons. The lowest BCUT2D eigenvalue weighted by molar-refractivity contribution is 0.0358. The highest BCUT2D eigenvalue weighted by Gasteiger charge is 2.41. The van der Waals surface area contributed by atoms with Crippen LogP contribution < -0.4 is 5.73 Å². The van der Waals surface area contributed by atoms with Crippen molar-refractivity contribution in [2.75, 3.05) is 40.3 Å². The van der Waals surface area contributed by atoms with Gasteiger partial charge in [-0.3, -0.25) is 4.90 Å². The highest BCUT2D eigenvalue weighted by atomic mass is 15.2. The van der Waals surface area contributed by atoms with Crippen LogP contribution in [0.15, 0.2) is 0 Å². The van der Waals surface area contributed by atoms with Gasteiger partial charge >= 0.3 is 0 Å². The van der Waals surface area contributed by atoms with E-state index in [-0.39, 0.29) is 5.54 Å². The fourth-order valence-corrected chi connectivity index (χ4v) is 1.92. The van der Waals surface area contributed by atoms with Crippen molar-refractivity contribution < 1.29 is 0 Å². The van der Waals surface area contributed by atoms with Gasteiger partial charge in [0.1, 0.15) is 0 Å². The molecule has 0 atom stereocenters. The molecule has 0 radical (unpaired) electrons. The second-order valence-corrected chi connectivity index (χ2v) is 5.26. The number of nitrogens with two attached hydrogens (primary N) is 1. The Bertz CT molecular complexity index is 171. The van der Waals surface area contributed by atoms with Crippen molar-refractivity contribution in [2.24, 2.45) is 11.7 Å². The van der Waals surface area contributed by atoms with E-state index in [1.165, 1.54) is 19.5 Å². The fraction of sp³-hybridized carbons (Fsp3) is 1.00. The topological polar surface area (TPSA) is 32.5 Å². The smallest absolute Gasteiger partial charge is 0.0435 e. The van der Waals surface area contributed by atoms with Gasteiger partial charge in [-0.05, 0) is 39.5 Å². The summed E-state index contributed by atoms with van der Waals surface area (Å²) in [6.07, 6.45) is 1.25. The summed E-state index contributed by atoms with van der Waals surface area (Å²) in [7, 11) is 4.24. The monoisotopic (exact) mass is 199 g/mol. The molecule has 1 saturated heterocycles. The molecule has 0 amide bonds. The third-order valence-electron chi connectivity index (χ3n) is 3.27. The Hall–Kier alpha value is -0.120. The first kappa shape index (κ1) is 12.0. The average Bonchev–Trinajstić information content (AvgIpc) is 1.99. The molecule has 0 aromatic carbocycles. The lowest BCUT2D eigenvalue weighted by atomic mass is 9.80. The minimum Gasteiger partial charge on any atom is -0.323 e. The molecule has 0 spiro atoms. The van der Waals surface area contributed by atoms with E-state index in [9.17, 15) is 0 Å². The normalized spacial score (nSPS) is 21.6. The zero-order valence-corrected chi connectivity index (χ0v) is 10.1. The minimum atomic E-state index is 0.0954. The molecule has 0 aliphatic carbocycles. The predicted octanol–water partition coefficient (Wildman–Crippen LogP) is 0.607. The Morgan fingerprint density at radius 1 is 1.36 bits per heavy atom. The van der Waals surface area contributed by atoms with E-state index in [2.05, 4.69) is 37.7 Å². The van der Waals surface area contributed by atoms with Crippen LogP contribution >= 0.6 is 0 Å². The summed E-state index contributed by atoms with van der Waals surface area (Å²) in [4.78, 5) is 4.70. The van der Waals surface area contributed by atoms with Crippen LogP contribution in [0.3, 0.4) is 0 Å². The van der Waals surface area contributed by atoms with Crippen LogP contribution in [-0.2, 0) is 0 Å². The van der Waals surface area contributed by atoms with Crippen LogP contribution in [0.5, 0.6) is 0 Å². The maximum atomic E-state index is 6.22. The van der Waals surface area contributed by atoms with Gasteiger partial charge in [-0.15, -0.1) is 0 Å². The third kappa shape index (κ3) is 2.94. The van der Waals surface area contributed by atoms with Crippen molar-refractivity contribution in [3.05, 3.63) is 0 Å². The minimum absolute atomic E-state index is 0.0954. The summed E-state index contributed by atoms with van der Waals surface area (Å²) in [6, 6.07) is 0. The van der Waals surface area contributed by atoms with Crippen LogP contribution in [0.25, 0.3) is 0 Å². The van der Waals surface area contributed by atoms with Gasteiger partial charge in [0.2, 0.25) is 0 Å². The number of nitrogens with zero attached hydrogens (tertiary/aromatic N) is 2. The zero-order valence-electron chi connectivity index (χ0n) is 10.1. The molecule has 1 aliphatic heterocycles. The van der Waals surface area contributed by atoms with Gasteiger partial charge in [-0.1, -0.05) is 13.8 Å². The summed E-state index contributed by atoms with van der Waals surface area (Å²) < 4.78 is 0. The Labute approximate surface area is 88.2 Å². The van der Waals surface area contributed by atoms with Crippen LogP contribution in [0.1, 0.15) is 20.3 Å². The first-order valence-corrected chi connectivity index (χ1v) is 5.60. The molecule has 2 N–H and O–H groups in total. The van der Waals surface area contributed by atoms with E-state index in [1.807, 2.05) is 0 Å². The largest absolute Gasteiger partial charge is 0.323 e. The molecule has 3 heteroatoms.